The molecule has 1 aromatic carbocycles. The first-order valence-corrected chi connectivity index (χ1v) is 9.09. The highest BCUT2D eigenvalue weighted by molar-refractivity contribution is 8.00. The van der Waals surface area contributed by atoms with Crippen molar-refractivity contribution >= 4 is 35.0 Å². The summed E-state index contributed by atoms with van der Waals surface area (Å²) in [5.74, 6) is -0.783. The molecule has 10 heteroatoms. The summed E-state index contributed by atoms with van der Waals surface area (Å²) in [6.07, 6.45) is 2.12. The smallest absolute Gasteiger partial charge is 0.237 e. The Hall–Kier alpha value is -1.71. The van der Waals surface area contributed by atoms with Crippen LogP contribution >= 0.6 is 23.4 Å². The van der Waals surface area contributed by atoms with Crippen LogP contribution < -0.4 is 5.32 Å². The van der Waals surface area contributed by atoms with Gasteiger partial charge >= 0.3 is 0 Å². The van der Waals surface area contributed by atoms with E-state index in [0.717, 1.165) is 19.4 Å². The molecule has 134 valence electrons. The normalized spacial score (nSPS) is 18.3. The molecule has 1 aliphatic rings. The summed E-state index contributed by atoms with van der Waals surface area (Å²) in [6.45, 7) is 3.07. The molecule has 2 unspecified atom stereocenters. The number of tetrazole rings is 1. The molecule has 2 heterocycles. The van der Waals surface area contributed by atoms with Gasteiger partial charge in [-0.3, -0.25) is 4.79 Å². The zero-order valence-corrected chi connectivity index (χ0v) is 15.1. The number of rotatable bonds is 6. The van der Waals surface area contributed by atoms with E-state index in [9.17, 15) is 9.18 Å². The molecule has 7 nitrogen and oxygen atoms in total. The molecule has 0 bridgehead atoms. The summed E-state index contributed by atoms with van der Waals surface area (Å²) >= 11 is 6.97. The summed E-state index contributed by atoms with van der Waals surface area (Å²) in [5, 5.41) is 14.4. The van der Waals surface area contributed by atoms with Crippen LogP contribution in [-0.2, 0) is 16.1 Å². The molecule has 3 rings (SSSR count). The average molecular weight is 386 g/mol. The van der Waals surface area contributed by atoms with Crippen molar-refractivity contribution in [3.63, 3.8) is 0 Å². The lowest BCUT2D eigenvalue weighted by Gasteiger charge is -2.13. The van der Waals surface area contributed by atoms with Crippen LogP contribution in [0.15, 0.2) is 23.4 Å². The monoisotopic (exact) mass is 385 g/mol. The van der Waals surface area contributed by atoms with Crippen LogP contribution in [0.1, 0.15) is 19.8 Å². The summed E-state index contributed by atoms with van der Waals surface area (Å²) in [5.41, 5.74) is 0.433. The van der Waals surface area contributed by atoms with Crippen LogP contribution in [0, 0.1) is 5.82 Å². The van der Waals surface area contributed by atoms with Gasteiger partial charge in [0.2, 0.25) is 11.1 Å². The van der Waals surface area contributed by atoms with Gasteiger partial charge in [0.25, 0.3) is 0 Å². The number of thioether (sulfide) groups is 1. The number of aromatic nitrogens is 4. The maximum absolute atomic E-state index is 13.2. The van der Waals surface area contributed by atoms with Crippen molar-refractivity contribution in [2.75, 3.05) is 11.9 Å². The first-order chi connectivity index (χ1) is 12.0. The van der Waals surface area contributed by atoms with Gasteiger partial charge in [0.1, 0.15) is 5.82 Å². The Kier molecular flexibility index (Phi) is 5.87. The van der Waals surface area contributed by atoms with E-state index in [4.69, 9.17) is 16.3 Å². The number of anilines is 1. The number of hydrogen-bond acceptors (Lipinski definition) is 6. The molecule has 1 N–H and O–H groups in total. The number of amides is 1. The second kappa shape index (κ2) is 8.11. The zero-order valence-electron chi connectivity index (χ0n) is 13.5. The minimum Gasteiger partial charge on any atom is -0.376 e. The molecule has 1 saturated heterocycles. The predicted molar refractivity (Wildman–Crippen MR) is 92.1 cm³/mol. The Balaban J connectivity index is 1.59. The number of carbonyl (C=O) groups excluding carboxylic acids is 1. The van der Waals surface area contributed by atoms with E-state index in [2.05, 4.69) is 20.8 Å². The van der Waals surface area contributed by atoms with Crippen molar-refractivity contribution in [2.45, 2.75) is 42.8 Å². The first-order valence-electron chi connectivity index (χ1n) is 7.83. The second-order valence-electron chi connectivity index (χ2n) is 5.66. The number of ether oxygens (including phenoxy) is 1. The Morgan fingerprint density at radius 2 is 2.44 bits per heavy atom. The van der Waals surface area contributed by atoms with Crippen molar-refractivity contribution in [3.8, 4) is 0 Å². The second-order valence-corrected chi connectivity index (χ2v) is 7.37. The summed E-state index contributed by atoms with van der Waals surface area (Å²) in [7, 11) is 0. The molecule has 2 aromatic rings. The molecular weight excluding hydrogens is 369 g/mol. The van der Waals surface area contributed by atoms with E-state index in [1.54, 1.807) is 11.6 Å². The van der Waals surface area contributed by atoms with Crippen molar-refractivity contribution in [1.82, 2.24) is 20.2 Å². The zero-order chi connectivity index (χ0) is 17.8. The topological polar surface area (TPSA) is 81.9 Å². The highest BCUT2D eigenvalue weighted by atomic mass is 35.5. The molecular formula is C15H17ClFN5O2S. The van der Waals surface area contributed by atoms with E-state index < -0.39 is 11.1 Å². The number of benzene rings is 1. The minimum absolute atomic E-state index is 0.0430. The van der Waals surface area contributed by atoms with Crippen LogP contribution in [0.5, 0.6) is 0 Å². The number of nitrogens with zero attached hydrogens (tertiary/aromatic N) is 4. The van der Waals surface area contributed by atoms with Gasteiger partial charge in [-0.1, -0.05) is 23.4 Å². The van der Waals surface area contributed by atoms with Gasteiger partial charge in [0.05, 0.1) is 22.9 Å². The van der Waals surface area contributed by atoms with E-state index in [1.807, 2.05) is 0 Å². The lowest BCUT2D eigenvalue weighted by atomic mass is 10.2. The van der Waals surface area contributed by atoms with Crippen molar-refractivity contribution in [2.24, 2.45) is 0 Å². The Bertz CT molecular complexity index is 753. The highest BCUT2D eigenvalue weighted by Crippen LogP contribution is 2.24. The maximum atomic E-state index is 13.2. The van der Waals surface area contributed by atoms with E-state index in [0.29, 0.717) is 17.4 Å². The number of carbonyl (C=O) groups is 1. The fraction of sp³-hybridized carbons (Fsp3) is 0.467. The van der Waals surface area contributed by atoms with Crippen LogP contribution in [0.25, 0.3) is 0 Å². The fourth-order valence-corrected chi connectivity index (χ4v) is 3.39. The number of halogens is 2. The van der Waals surface area contributed by atoms with Gasteiger partial charge in [0.15, 0.2) is 0 Å². The van der Waals surface area contributed by atoms with Gasteiger partial charge in [-0.25, -0.2) is 9.07 Å². The molecule has 1 aliphatic heterocycles. The molecule has 25 heavy (non-hydrogen) atoms. The lowest BCUT2D eigenvalue weighted by molar-refractivity contribution is -0.115. The van der Waals surface area contributed by atoms with Crippen LogP contribution in [0.2, 0.25) is 5.02 Å². The quantitative estimate of drug-likeness (QED) is 0.770. The molecule has 1 aromatic heterocycles. The van der Waals surface area contributed by atoms with Gasteiger partial charge in [0, 0.05) is 12.3 Å². The number of hydrogen-bond donors (Lipinski definition) is 1. The lowest BCUT2D eigenvalue weighted by Crippen LogP contribution is -2.23. The molecule has 0 spiro atoms. The summed E-state index contributed by atoms with van der Waals surface area (Å²) < 4.78 is 20.4. The Morgan fingerprint density at radius 3 is 3.16 bits per heavy atom. The average Bonchev–Trinajstić information content (AvgIpc) is 3.24. The summed E-state index contributed by atoms with van der Waals surface area (Å²) in [6, 6.07) is 4.03. The van der Waals surface area contributed by atoms with E-state index >= 15 is 0 Å². The SMILES string of the molecule is CC(Sc1nnnn1CC1CCCO1)C(=O)Nc1ccc(F)c(Cl)c1. The molecule has 0 saturated carbocycles. The van der Waals surface area contributed by atoms with Gasteiger partial charge in [-0.2, -0.15) is 0 Å². The Labute approximate surface area is 153 Å². The Morgan fingerprint density at radius 1 is 1.60 bits per heavy atom. The van der Waals surface area contributed by atoms with Crippen LogP contribution in [0.4, 0.5) is 10.1 Å². The van der Waals surface area contributed by atoms with Crippen molar-refractivity contribution in [1.29, 1.82) is 0 Å². The molecule has 2 atom stereocenters. The third-order valence-corrected chi connectivity index (χ3v) is 5.10. The maximum Gasteiger partial charge on any atom is 0.237 e. The van der Waals surface area contributed by atoms with E-state index in [-0.39, 0.29) is 17.0 Å². The first kappa shape index (κ1) is 18.1. The van der Waals surface area contributed by atoms with Gasteiger partial charge in [-0.05, 0) is 48.4 Å². The van der Waals surface area contributed by atoms with Crippen LogP contribution in [0.3, 0.4) is 0 Å². The highest BCUT2D eigenvalue weighted by Gasteiger charge is 2.22. The largest absolute Gasteiger partial charge is 0.376 e. The fourth-order valence-electron chi connectivity index (χ4n) is 2.41. The molecule has 0 aliphatic carbocycles. The third kappa shape index (κ3) is 4.68. The standard InChI is InChI=1S/C15H17ClFN5O2S/c1-9(14(23)18-10-4-5-13(17)12(16)7-10)25-15-19-20-21-22(15)8-11-3-2-6-24-11/h4-5,7,9,11H,2-3,6,8H2,1H3,(H,18,23). The summed E-state index contributed by atoms with van der Waals surface area (Å²) in [4.78, 5) is 12.3. The molecule has 1 amide bonds. The van der Waals surface area contributed by atoms with Crippen molar-refractivity contribution < 1.29 is 13.9 Å². The van der Waals surface area contributed by atoms with E-state index in [1.165, 1.54) is 30.0 Å². The van der Waals surface area contributed by atoms with Gasteiger partial charge < -0.3 is 10.1 Å². The molecule has 0 radical (unpaired) electrons. The van der Waals surface area contributed by atoms with Crippen molar-refractivity contribution in [3.05, 3.63) is 29.0 Å². The van der Waals surface area contributed by atoms with Crippen LogP contribution in [-0.4, -0.2) is 44.1 Å². The van der Waals surface area contributed by atoms with Gasteiger partial charge in [-0.15, -0.1) is 5.10 Å². The number of nitrogens with one attached hydrogen (secondary N) is 1. The molecule has 1 fully saturated rings. The third-order valence-electron chi connectivity index (χ3n) is 3.74. The predicted octanol–water partition coefficient (Wildman–Crippen LogP) is 2.76. The minimum atomic E-state index is -0.532.